The monoisotopic (exact) mass is 584 g/mol. The molecule has 0 radical (unpaired) electrons. The molecule has 2 aromatic carbocycles. The Hall–Kier alpha value is -4.35. The lowest BCUT2D eigenvalue weighted by molar-refractivity contribution is -0.0232. The lowest BCUT2D eigenvalue weighted by atomic mass is 9.92. The number of fused-ring (bicyclic) bond motifs is 1. The Balaban J connectivity index is 1.31. The SMILES string of the molecule is CCCc1c(Cc2ccc(-c3ccccc3-c3noc(=O)[nH]3)cc2)c(=O)n([C@H]2CC[C@H](OCC(C)O)CC2)c2ncnn12. The molecule has 3 aromatic heterocycles. The molecule has 0 spiro atoms. The normalized spacial score (nSPS) is 17.8. The molecule has 2 N–H and O–H groups in total. The van der Waals surface area contributed by atoms with Crippen LogP contribution in [0.3, 0.4) is 0 Å². The molecule has 1 atom stereocenters. The van der Waals surface area contributed by atoms with Crippen molar-refractivity contribution in [3.63, 3.8) is 0 Å². The van der Waals surface area contributed by atoms with E-state index in [-0.39, 0.29) is 17.7 Å². The minimum atomic E-state index is -0.601. The van der Waals surface area contributed by atoms with Crippen LogP contribution in [0.1, 0.15) is 68.8 Å². The van der Waals surface area contributed by atoms with Gasteiger partial charge in [-0.15, -0.1) is 0 Å². The zero-order valence-electron chi connectivity index (χ0n) is 24.4. The largest absolute Gasteiger partial charge is 0.439 e. The van der Waals surface area contributed by atoms with E-state index < -0.39 is 11.9 Å². The van der Waals surface area contributed by atoms with Crippen molar-refractivity contribution >= 4 is 5.78 Å². The van der Waals surface area contributed by atoms with Crippen LogP contribution in [0.25, 0.3) is 28.3 Å². The number of aromatic nitrogens is 6. The maximum absolute atomic E-state index is 14.2. The Labute approximate surface area is 248 Å². The van der Waals surface area contributed by atoms with Crippen molar-refractivity contribution in [3.05, 3.63) is 92.6 Å². The summed E-state index contributed by atoms with van der Waals surface area (Å²) in [5.74, 6) is 0.360. The second kappa shape index (κ2) is 12.5. The number of aromatic amines is 1. The van der Waals surface area contributed by atoms with Crippen LogP contribution in [0.4, 0.5) is 0 Å². The predicted octanol–water partition coefficient (Wildman–Crippen LogP) is 4.33. The minimum Gasteiger partial charge on any atom is -0.391 e. The Morgan fingerprint density at radius 1 is 1.07 bits per heavy atom. The fourth-order valence-electron chi connectivity index (χ4n) is 6.12. The van der Waals surface area contributed by atoms with Crippen molar-refractivity contribution in [2.24, 2.45) is 0 Å². The summed E-state index contributed by atoms with van der Waals surface area (Å²) in [7, 11) is 0. The zero-order chi connectivity index (χ0) is 29.9. The average Bonchev–Trinajstić information content (AvgIpc) is 3.68. The van der Waals surface area contributed by atoms with Gasteiger partial charge in [0, 0.05) is 23.6 Å². The van der Waals surface area contributed by atoms with Crippen LogP contribution in [0.15, 0.2) is 69.0 Å². The summed E-state index contributed by atoms with van der Waals surface area (Å²) in [5.41, 5.74) is 5.25. The molecular formula is C32H36N6O5. The van der Waals surface area contributed by atoms with E-state index in [1.165, 1.54) is 6.33 Å². The number of aliphatic hydroxyl groups excluding tert-OH is 1. The minimum absolute atomic E-state index is 0.00174. The lowest BCUT2D eigenvalue weighted by Gasteiger charge is -2.30. The van der Waals surface area contributed by atoms with Crippen LogP contribution < -0.4 is 11.3 Å². The first-order valence-corrected chi connectivity index (χ1v) is 14.9. The number of benzene rings is 2. The number of aryl methyl sites for hydroxylation is 1. The van der Waals surface area contributed by atoms with Crippen molar-refractivity contribution < 1.29 is 14.4 Å². The average molecular weight is 585 g/mol. The Morgan fingerprint density at radius 2 is 1.81 bits per heavy atom. The molecule has 11 heteroatoms. The molecule has 1 aliphatic rings. The van der Waals surface area contributed by atoms with E-state index in [9.17, 15) is 14.7 Å². The number of nitrogens with zero attached hydrogens (tertiary/aromatic N) is 5. The van der Waals surface area contributed by atoms with Gasteiger partial charge in [0.05, 0.1) is 24.5 Å². The summed E-state index contributed by atoms with van der Waals surface area (Å²) in [6.07, 6.45) is 6.41. The summed E-state index contributed by atoms with van der Waals surface area (Å²) in [6, 6.07) is 15.8. The number of H-pyrrole nitrogens is 1. The van der Waals surface area contributed by atoms with E-state index in [1.54, 1.807) is 6.92 Å². The lowest BCUT2D eigenvalue weighted by Crippen LogP contribution is -2.35. The Morgan fingerprint density at radius 3 is 2.49 bits per heavy atom. The predicted molar refractivity (Wildman–Crippen MR) is 161 cm³/mol. The third-order valence-corrected chi connectivity index (χ3v) is 8.16. The summed E-state index contributed by atoms with van der Waals surface area (Å²) < 4.78 is 14.3. The molecular weight excluding hydrogens is 548 g/mol. The Kier molecular flexibility index (Phi) is 8.35. The van der Waals surface area contributed by atoms with Gasteiger partial charge in [0.2, 0.25) is 5.78 Å². The van der Waals surface area contributed by atoms with Gasteiger partial charge in [-0.2, -0.15) is 10.1 Å². The topological polar surface area (TPSA) is 141 Å². The number of nitrogens with one attached hydrogen (secondary N) is 1. The third kappa shape index (κ3) is 5.95. The first kappa shape index (κ1) is 28.8. The van der Waals surface area contributed by atoms with Gasteiger partial charge in [-0.3, -0.25) is 18.9 Å². The highest BCUT2D eigenvalue weighted by atomic mass is 16.5. The number of rotatable bonds is 10. The molecule has 11 nitrogen and oxygen atoms in total. The number of ether oxygens (including phenoxy) is 1. The molecule has 0 saturated heterocycles. The van der Waals surface area contributed by atoms with Crippen molar-refractivity contribution in [1.29, 1.82) is 0 Å². The molecule has 1 saturated carbocycles. The van der Waals surface area contributed by atoms with Gasteiger partial charge >= 0.3 is 5.76 Å². The van der Waals surface area contributed by atoms with Crippen molar-refractivity contribution in [1.82, 2.24) is 29.3 Å². The first-order chi connectivity index (χ1) is 20.9. The molecule has 0 amide bonds. The first-order valence-electron chi connectivity index (χ1n) is 14.9. The van der Waals surface area contributed by atoms with E-state index in [0.29, 0.717) is 31.1 Å². The van der Waals surface area contributed by atoms with Gasteiger partial charge < -0.3 is 9.84 Å². The van der Waals surface area contributed by atoms with Crippen LogP contribution in [0.2, 0.25) is 0 Å². The molecule has 1 fully saturated rings. The van der Waals surface area contributed by atoms with Gasteiger partial charge in [-0.1, -0.05) is 67.0 Å². The molecule has 6 rings (SSSR count). The van der Waals surface area contributed by atoms with Crippen LogP contribution in [-0.4, -0.2) is 53.2 Å². The van der Waals surface area contributed by atoms with E-state index in [4.69, 9.17) is 9.26 Å². The maximum Gasteiger partial charge on any atom is 0.439 e. The molecule has 224 valence electrons. The highest BCUT2D eigenvalue weighted by Crippen LogP contribution is 2.32. The number of hydrogen-bond donors (Lipinski definition) is 2. The van der Waals surface area contributed by atoms with Crippen LogP contribution in [-0.2, 0) is 17.6 Å². The van der Waals surface area contributed by atoms with Crippen LogP contribution in [0.5, 0.6) is 0 Å². The highest BCUT2D eigenvalue weighted by Gasteiger charge is 2.28. The molecule has 5 aromatic rings. The highest BCUT2D eigenvalue weighted by molar-refractivity contribution is 5.80. The van der Waals surface area contributed by atoms with Crippen molar-refractivity contribution in [3.8, 4) is 22.5 Å². The standard InChI is InChI=1S/C32H36N6O5/c1-3-6-28-27(17-21-9-11-22(12-10-21)25-7-4-5-8-26(25)29-35-32(41)43-36-29)30(40)37(31-33-19-34-38(28)31)23-13-15-24(16-14-23)42-18-20(2)39/h4-5,7-12,19-20,23-24,39H,3,6,13-18H2,1-2H3,(H,35,36,41)/t20?,23-,24-. The van der Waals surface area contributed by atoms with Gasteiger partial charge in [-0.25, -0.2) is 9.31 Å². The Bertz CT molecular complexity index is 1810. The molecule has 3 heterocycles. The van der Waals surface area contributed by atoms with E-state index in [0.717, 1.165) is 65.6 Å². The van der Waals surface area contributed by atoms with Gasteiger partial charge in [0.15, 0.2) is 5.82 Å². The molecule has 43 heavy (non-hydrogen) atoms. The fraction of sp³-hybridized carbons (Fsp3) is 0.406. The smallest absolute Gasteiger partial charge is 0.391 e. The van der Waals surface area contributed by atoms with Crippen LogP contribution in [0, 0.1) is 0 Å². The van der Waals surface area contributed by atoms with E-state index in [2.05, 4.69) is 27.1 Å². The fourth-order valence-corrected chi connectivity index (χ4v) is 6.12. The summed E-state index contributed by atoms with van der Waals surface area (Å²) >= 11 is 0. The summed E-state index contributed by atoms with van der Waals surface area (Å²) in [6.45, 7) is 4.14. The van der Waals surface area contributed by atoms with Crippen LogP contribution >= 0.6 is 0 Å². The van der Waals surface area contributed by atoms with E-state index >= 15 is 0 Å². The molecule has 0 aliphatic heterocycles. The maximum atomic E-state index is 14.2. The van der Waals surface area contributed by atoms with Gasteiger partial charge in [0.25, 0.3) is 5.56 Å². The van der Waals surface area contributed by atoms with Crippen molar-refractivity contribution in [2.75, 3.05) is 6.61 Å². The quantitative estimate of drug-likeness (QED) is 0.247. The zero-order valence-corrected chi connectivity index (χ0v) is 24.4. The van der Waals surface area contributed by atoms with Gasteiger partial charge in [0.1, 0.15) is 6.33 Å². The molecule has 0 bridgehead atoms. The van der Waals surface area contributed by atoms with Gasteiger partial charge in [-0.05, 0) is 55.7 Å². The summed E-state index contributed by atoms with van der Waals surface area (Å²) in [5, 5.41) is 18.0. The molecule has 1 unspecified atom stereocenters. The number of aliphatic hydroxyl groups is 1. The number of hydrogen-bond acceptors (Lipinski definition) is 8. The summed E-state index contributed by atoms with van der Waals surface area (Å²) in [4.78, 5) is 32.9. The third-order valence-electron chi connectivity index (χ3n) is 8.16. The van der Waals surface area contributed by atoms with E-state index in [1.807, 2.05) is 57.6 Å². The van der Waals surface area contributed by atoms with Crippen molar-refractivity contribution in [2.45, 2.75) is 77.0 Å². The second-order valence-electron chi connectivity index (χ2n) is 11.3. The molecule has 1 aliphatic carbocycles. The second-order valence-corrected chi connectivity index (χ2v) is 11.3.